The molecule has 0 amide bonds. The minimum atomic E-state index is -3.10. The number of hydrogen-bond donors (Lipinski definition) is 1. The second kappa shape index (κ2) is 6.89. The van der Waals surface area contributed by atoms with Crippen LogP contribution in [-0.2, 0) is 9.84 Å². The maximum atomic E-state index is 12.3. The summed E-state index contributed by atoms with van der Waals surface area (Å²) in [7, 11) is -3.10. The molecular weight excluding hydrogens is 294 g/mol. The second-order valence-electron chi connectivity index (χ2n) is 4.76. The van der Waals surface area contributed by atoms with E-state index in [9.17, 15) is 8.42 Å². The molecule has 112 valence electrons. The van der Waals surface area contributed by atoms with Crippen molar-refractivity contribution in [1.82, 2.24) is 9.88 Å². The molecular formula is C13H21N3O2S2. The predicted octanol–water partition coefficient (Wildman–Crippen LogP) is 0.891. The van der Waals surface area contributed by atoms with Gasteiger partial charge in [0.15, 0.2) is 9.84 Å². The van der Waals surface area contributed by atoms with Crippen molar-refractivity contribution in [1.29, 1.82) is 0 Å². The molecule has 5 nitrogen and oxygen atoms in total. The zero-order chi connectivity index (χ0) is 14.6. The molecule has 1 aliphatic rings. The molecule has 0 radical (unpaired) electrons. The van der Waals surface area contributed by atoms with E-state index in [1.54, 1.807) is 31.1 Å². The third-order valence-corrected chi connectivity index (χ3v) is 6.94. The van der Waals surface area contributed by atoms with Crippen LogP contribution in [-0.4, -0.2) is 54.0 Å². The Morgan fingerprint density at radius 1 is 1.60 bits per heavy atom. The Morgan fingerprint density at radius 3 is 3.00 bits per heavy atom. The number of nitrogens with two attached hydrogens (primary N) is 1. The average Bonchev–Trinajstić information content (AvgIpc) is 2.49. The summed E-state index contributed by atoms with van der Waals surface area (Å²) in [6.45, 7) is 2.84. The maximum Gasteiger partial charge on any atom is 0.166 e. The van der Waals surface area contributed by atoms with Gasteiger partial charge in [0.1, 0.15) is 5.37 Å². The van der Waals surface area contributed by atoms with Gasteiger partial charge in [-0.05, 0) is 11.6 Å². The third kappa shape index (κ3) is 3.33. The van der Waals surface area contributed by atoms with Crippen molar-refractivity contribution in [2.24, 2.45) is 5.73 Å². The Balaban J connectivity index is 2.31. The van der Waals surface area contributed by atoms with Crippen LogP contribution in [0.2, 0.25) is 0 Å². The summed E-state index contributed by atoms with van der Waals surface area (Å²) in [5.74, 6) is 1.72. The van der Waals surface area contributed by atoms with Crippen LogP contribution in [0, 0.1) is 0 Å². The molecule has 0 spiro atoms. The van der Waals surface area contributed by atoms with Gasteiger partial charge in [0, 0.05) is 48.8 Å². The van der Waals surface area contributed by atoms with Gasteiger partial charge in [0.05, 0.1) is 0 Å². The van der Waals surface area contributed by atoms with E-state index in [0.717, 1.165) is 17.9 Å². The monoisotopic (exact) mass is 315 g/mol. The van der Waals surface area contributed by atoms with Crippen molar-refractivity contribution in [3.63, 3.8) is 0 Å². The lowest BCUT2D eigenvalue weighted by Crippen LogP contribution is -2.50. The van der Waals surface area contributed by atoms with E-state index in [1.807, 2.05) is 17.0 Å². The molecule has 0 aliphatic carbocycles. The molecule has 2 N–H and O–H groups in total. The normalized spacial score (nSPS) is 22.6. The van der Waals surface area contributed by atoms with Crippen LogP contribution < -0.4 is 5.73 Å². The third-order valence-electron chi connectivity index (χ3n) is 3.63. The first-order valence-electron chi connectivity index (χ1n) is 6.75. The van der Waals surface area contributed by atoms with Crippen molar-refractivity contribution in [2.75, 3.05) is 30.3 Å². The van der Waals surface area contributed by atoms with E-state index in [2.05, 4.69) is 4.98 Å². The van der Waals surface area contributed by atoms with Crippen LogP contribution >= 0.6 is 11.8 Å². The van der Waals surface area contributed by atoms with Crippen LogP contribution in [0.5, 0.6) is 0 Å². The van der Waals surface area contributed by atoms with Gasteiger partial charge in [-0.25, -0.2) is 8.42 Å². The first-order chi connectivity index (χ1) is 9.60. The van der Waals surface area contributed by atoms with Gasteiger partial charge in [-0.1, -0.05) is 13.0 Å². The number of sulfone groups is 1. The number of aromatic nitrogens is 1. The van der Waals surface area contributed by atoms with Crippen LogP contribution in [0.15, 0.2) is 24.5 Å². The molecule has 20 heavy (non-hydrogen) atoms. The zero-order valence-electron chi connectivity index (χ0n) is 11.6. The fourth-order valence-corrected chi connectivity index (χ4v) is 5.56. The fraction of sp³-hybridized carbons (Fsp3) is 0.615. The smallest absolute Gasteiger partial charge is 0.166 e. The Labute approximate surface area is 124 Å². The Bertz CT molecular complexity index is 522. The highest BCUT2D eigenvalue weighted by Crippen LogP contribution is 2.29. The zero-order valence-corrected chi connectivity index (χ0v) is 13.2. The standard InChI is InChI=1S/C13H21N3O2S2/c1-2-20(17,18)13-10-19-7-6-16(13)12(8-14)11-4-3-5-15-9-11/h3-5,9,12-13H,2,6-8,10,14H2,1H3. The van der Waals surface area contributed by atoms with Crippen LogP contribution in [0.4, 0.5) is 0 Å². The Kier molecular flexibility index (Phi) is 5.42. The molecule has 1 aliphatic heterocycles. The van der Waals surface area contributed by atoms with Crippen molar-refractivity contribution >= 4 is 21.6 Å². The quantitative estimate of drug-likeness (QED) is 0.870. The summed E-state index contributed by atoms with van der Waals surface area (Å²) in [4.78, 5) is 6.15. The van der Waals surface area contributed by atoms with E-state index < -0.39 is 15.2 Å². The predicted molar refractivity (Wildman–Crippen MR) is 83.3 cm³/mol. The molecule has 7 heteroatoms. The van der Waals surface area contributed by atoms with Crippen molar-refractivity contribution in [3.05, 3.63) is 30.1 Å². The van der Waals surface area contributed by atoms with Gasteiger partial charge < -0.3 is 5.73 Å². The molecule has 0 aromatic carbocycles. The summed E-state index contributed by atoms with van der Waals surface area (Å²) < 4.78 is 24.6. The maximum absolute atomic E-state index is 12.3. The SMILES string of the molecule is CCS(=O)(=O)C1CSCCN1C(CN)c1cccnc1. The molecule has 2 unspecified atom stereocenters. The van der Waals surface area contributed by atoms with E-state index in [1.165, 1.54) is 0 Å². The van der Waals surface area contributed by atoms with Crippen LogP contribution in [0.3, 0.4) is 0 Å². The number of pyridine rings is 1. The fourth-order valence-electron chi connectivity index (χ4n) is 2.49. The minimum absolute atomic E-state index is 0.0871. The lowest BCUT2D eigenvalue weighted by Gasteiger charge is -2.39. The Morgan fingerprint density at radius 2 is 2.40 bits per heavy atom. The summed E-state index contributed by atoms with van der Waals surface area (Å²) in [6.07, 6.45) is 3.48. The molecule has 1 saturated heterocycles. The van der Waals surface area contributed by atoms with Crippen molar-refractivity contribution in [2.45, 2.75) is 18.3 Å². The van der Waals surface area contributed by atoms with Gasteiger partial charge in [0.2, 0.25) is 0 Å². The molecule has 1 aromatic rings. The second-order valence-corrected chi connectivity index (χ2v) is 8.35. The lowest BCUT2D eigenvalue weighted by molar-refractivity contribution is 0.197. The summed E-state index contributed by atoms with van der Waals surface area (Å²) in [6, 6.07) is 3.73. The van der Waals surface area contributed by atoms with Crippen molar-refractivity contribution in [3.8, 4) is 0 Å². The largest absolute Gasteiger partial charge is 0.329 e. The molecule has 0 bridgehead atoms. The number of nitrogens with zero attached hydrogens (tertiary/aromatic N) is 2. The number of thioether (sulfide) groups is 1. The van der Waals surface area contributed by atoms with Gasteiger partial charge >= 0.3 is 0 Å². The molecule has 2 atom stereocenters. The van der Waals surface area contributed by atoms with Gasteiger partial charge in [-0.15, -0.1) is 0 Å². The average molecular weight is 315 g/mol. The highest BCUT2D eigenvalue weighted by atomic mass is 32.2. The summed E-state index contributed by atoms with van der Waals surface area (Å²) in [5.41, 5.74) is 6.90. The summed E-state index contributed by atoms with van der Waals surface area (Å²) in [5, 5.41) is -0.444. The van der Waals surface area contributed by atoms with E-state index >= 15 is 0 Å². The van der Waals surface area contributed by atoms with Gasteiger partial charge in [-0.3, -0.25) is 9.88 Å². The van der Waals surface area contributed by atoms with Crippen LogP contribution in [0.25, 0.3) is 0 Å². The molecule has 2 heterocycles. The number of hydrogen-bond acceptors (Lipinski definition) is 6. The first kappa shape index (κ1) is 15.8. The molecule has 1 aromatic heterocycles. The number of rotatable bonds is 5. The van der Waals surface area contributed by atoms with Gasteiger partial charge in [-0.2, -0.15) is 11.8 Å². The minimum Gasteiger partial charge on any atom is -0.329 e. The molecule has 0 saturated carbocycles. The highest BCUT2D eigenvalue weighted by molar-refractivity contribution is 8.01. The lowest BCUT2D eigenvalue weighted by atomic mass is 10.1. The van der Waals surface area contributed by atoms with Crippen molar-refractivity contribution < 1.29 is 8.42 Å². The first-order valence-corrected chi connectivity index (χ1v) is 9.62. The van der Waals surface area contributed by atoms with E-state index in [4.69, 9.17) is 5.73 Å². The van der Waals surface area contributed by atoms with E-state index in [-0.39, 0.29) is 11.8 Å². The van der Waals surface area contributed by atoms with Gasteiger partial charge in [0.25, 0.3) is 0 Å². The molecule has 1 fully saturated rings. The van der Waals surface area contributed by atoms with E-state index in [0.29, 0.717) is 12.3 Å². The van der Waals surface area contributed by atoms with Crippen LogP contribution in [0.1, 0.15) is 18.5 Å². The topological polar surface area (TPSA) is 76.3 Å². The summed E-state index contributed by atoms with van der Waals surface area (Å²) >= 11 is 1.69. The molecule has 2 rings (SSSR count). The highest BCUT2D eigenvalue weighted by Gasteiger charge is 2.36. The Hall–Kier alpha value is -0.630.